The van der Waals surface area contributed by atoms with Gasteiger partial charge in [0.1, 0.15) is 5.82 Å². The number of halogens is 2. The molecule has 0 unspecified atom stereocenters. The minimum atomic E-state index is -0.209. The Morgan fingerprint density at radius 3 is 2.81 bits per heavy atom. The lowest BCUT2D eigenvalue weighted by atomic mass is 10.1. The van der Waals surface area contributed by atoms with Gasteiger partial charge in [0.15, 0.2) is 0 Å². The second-order valence-electron chi connectivity index (χ2n) is 5.47. The number of nitrogens with zero attached hydrogens (tertiary/aromatic N) is 2. The molecule has 1 amide bonds. The summed E-state index contributed by atoms with van der Waals surface area (Å²) >= 11 is 7.97. The van der Waals surface area contributed by atoms with E-state index in [1.54, 1.807) is 30.5 Å². The number of nitrogens with two attached hydrogens (primary N) is 1. The molecular weight excluding hydrogens is 465 g/mol. The van der Waals surface area contributed by atoms with Crippen LogP contribution in [0.3, 0.4) is 0 Å². The molecule has 1 heterocycles. The average molecular weight is 480 g/mol. The highest BCUT2D eigenvalue weighted by molar-refractivity contribution is 14.1. The molecule has 26 heavy (non-hydrogen) atoms. The standard InChI is InChI=1S/C18H15ClIN5O/c19-18-23-10-15(20)16(25-18)22-9-11-3-1-6-14(7-11)24-17(26)12-4-2-5-13(21)8-12/h1-8,10H,9,21H2,(H,24,26)(H,22,23,25). The van der Waals surface area contributed by atoms with Gasteiger partial charge in [-0.3, -0.25) is 4.79 Å². The van der Waals surface area contributed by atoms with Crippen molar-refractivity contribution in [1.82, 2.24) is 9.97 Å². The number of nitrogen functional groups attached to an aromatic ring is 1. The van der Waals surface area contributed by atoms with Gasteiger partial charge in [0.25, 0.3) is 5.91 Å². The van der Waals surface area contributed by atoms with Crippen LogP contribution in [0.1, 0.15) is 15.9 Å². The molecule has 0 radical (unpaired) electrons. The molecule has 0 aliphatic heterocycles. The Morgan fingerprint density at radius 2 is 2.00 bits per heavy atom. The molecule has 0 spiro atoms. The highest BCUT2D eigenvalue weighted by Gasteiger charge is 2.07. The summed E-state index contributed by atoms with van der Waals surface area (Å²) in [7, 11) is 0. The molecule has 0 aliphatic rings. The average Bonchev–Trinajstić information content (AvgIpc) is 2.63. The first kappa shape index (κ1) is 18.4. The van der Waals surface area contributed by atoms with Gasteiger partial charge in [0, 0.05) is 29.7 Å². The number of rotatable bonds is 5. The number of anilines is 3. The van der Waals surface area contributed by atoms with E-state index in [4.69, 9.17) is 17.3 Å². The molecule has 0 saturated carbocycles. The van der Waals surface area contributed by atoms with Crippen molar-refractivity contribution < 1.29 is 4.79 Å². The van der Waals surface area contributed by atoms with E-state index in [0.717, 1.165) is 9.13 Å². The van der Waals surface area contributed by atoms with E-state index in [0.29, 0.717) is 29.3 Å². The largest absolute Gasteiger partial charge is 0.399 e. The zero-order valence-electron chi connectivity index (χ0n) is 13.5. The maximum Gasteiger partial charge on any atom is 0.255 e. The van der Waals surface area contributed by atoms with Gasteiger partial charge < -0.3 is 16.4 Å². The molecule has 132 valence electrons. The lowest BCUT2D eigenvalue weighted by molar-refractivity contribution is 0.102. The number of carbonyl (C=O) groups is 1. The predicted octanol–water partition coefficient (Wildman–Crippen LogP) is 4.18. The van der Waals surface area contributed by atoms with Gasteiger partial charge in [-0.25, -0.2) is 4.98 Å². The molecule has 0 saturated heterocycles. The first-order valence-electron chi connectivity index (χ1n) is 7.69. The minimum absolute atomic E-state index is 0.191. The van der Waals surface area contributed by atoms with Crippen molar-refractivity contribution in [3.8, 4) is 0 Å². The molecule has 0 bridgehead atoms. The van der Waals surface area contributed by atoms with Crippen LogP contribution in [0.15, 0.2) is 54.7 Å². The van der Waals surface area contributed by atoms with Crippen LogP contribution in [0.5, 0.6) is 0 Å². The quantitative estimate of drug-likeness (QED) is 0.290. The first-order chi connectivity index (χ1) is 12.5. The third kappa shape index (κ3) is 4.83. The number of hydrogen-bond acceptors (Lipinski definition) is 5. The Morgan fingerprint density at radius 1 is 1.19 bits per heavy atom. The van der Waals surface area contributed by atoms with Gasteiger partial charge in [-0.15, -0.1) is 0 Å². The van der Waals surface area contributed by atoms with Crippen molar-refractivity contribution in [3.63, 3.8) is 0 Å². The maximum absolute atomic E-state index is 12.3. The van der Waals surface area contributed by atoms with E-state index in [1.165, 1.54) is 0 Å². The van der Waals surface area contributed by atoms with Crippen molar-refractivity contribution in [2.45, 2.75) is 6.54 Å². The smallest absolute Gasteiger partial charge is 0.255 e. The number of benzene rings is 2. The van der Waals surface area contributed by atoms with Crippen LogP contribution in [0, 0.1) is 3.57 Å². The van der Waals surface area contributed by atoms with E-state index in [1.807, 2.05) is 24.3 Å². The van der Waals surface area contributed by atoms with E-state index >= 15 is 0 Å². The van der Waals surface area contributed by atoms with E-state index in [9.17, 15) is 4.79 Å². The molecule has 4 N–H and O–H groups in total. The van der Waals surface area contributed by atoms with Crippen LogP contribution < -0.4 is 16.4 Å². The van der Waals surface area contributed by atoms with Gasteiger partial charge in [-0.1, -0.05) is 18.2 Å². The molecule has 0 atom stereocenters. The summed E-state index contributed by atoms with van der Waals surface area (Å²) in [6.07, 6.45) is 1.65. The van der Waals surface area contributed by atoms with Crippen molar-refractivity contribution in [2.24, 2.45) is 0 Å². The van der Waals surface area contributed by atoms with Crippen molar-refractivity contribution in [2.75, 3.05) is 16.4 Å². The zero-order chi connectivity index (χ0) is 18.5. The Bertz CT molecular complexity index is 950. The first-order valence-corrected chi connectivity index (χ1v) is 9.15. The second-order valence-corrected chi connectivity index (χ2v) is 6.97. The van der Waals surface area contributed by atoms with Crippen LogP contribution in [0.4, 0.5) is 17.2 Å². The number of carbonyl (C=O) groups excluding carboxylic acids is 1. The number of nitrogens with one attached hydrogen (secondary N) is 2. The lowest BCUT2D eigenvalue weighted by Gasteiger charge is -2.10. The van der Waals surface area contributed by atoms with Gasteiger partial charge in [0.05, 0.1) is 3.57 Å². The van der Waals surface area contributed by atoms with E-state index < -0.39 is 0 Å². The summed E-state index contributed by atoms with van der Waals surface area (Å²) in [5.41, 5.74) is 8.47. The van der Waals surface area contributed by atoms with Crippen molar-refractivity contribution in [1.29, 1.82) is 0 Å². The fourth-order valence-electron chi connectivity index (χ4n) is 2.30. The van der Waals surface area contributed by atoms with Gasteiger partial charge in [-0.05, 0) is 70.1 Å². The number of aromatic nitrogens is 2. The third-order valence-electron chi connectivity index (χ3n) is 3.51. The second kappa shape index (κ2) is 8.33. The molecular formula is C18H15ClIN5O. The highest BCUT2D eigenvalue weighted by atomic mass is 127. The summed E-state index contributed by atoms with van der Waals surface area (Å²) in [6.45, 7) is 0.533. The van der Waals surface area contributed by atoms with Crippen LogP contribution in [0.2, 0.25) is 5.28 Å². The normalized spacial score (nSPS) is 10.4. The van der Waals surface area contributed by atoms with Crippen LogP contribution >= 0.6 is 34.2 Å². The molecule has 8 heteroatoms. The fourth-order valence-corrected chi connectivity index (χ4v) is 2.88. The minimum Gasteiger partial charge on any atom is -0.399 e. The summed E-state index contributed by atoms with van der Waals surface area (Å²) in [5, 5.41) is 6.28. The molecule has 0 aliphatic carbocycles. The highest BCUT2D eigenvalue weighted by Crippen LogP contribution is 2.18. The Hall–Kier alpha value is -2.39. The Balaban J connectivity index is 1.68. The van der Waals surface area contributed by atoms with E-state index in [-0.39, 0.29) is 11.2 Å². The van der Waals surface area contributed by atoms with Crippen LogP contribution in [0.25, 0.3) is 0 Å². The molecule has 2 aromatic carbocycles. The monoisotopic (exact) mass is 479 g/mol. The number of hydrogen-bond donors (Lipinski definition) is 3. The summed E-state index contributed by atoms with van der Waals surface area (Å²) in [6, 6.07) is 14.4. The van der Waals surface area contributed by atoms with Crippen molar-refractivity contribution >= 4 is 57.3 Å². The molecule has 0 fully saturated rings. The zero-order valence-corrected chi connectivity index (χ0v) is 16.5. The molecule has 3 aromatic rings. The van der Waals surface area contributed by atoms with Crippen LogP contribution in [-0.2, 0) is 6.54 Å². The molecule has 3 rings (SSSR count). The van der Waals surface area contributed by atoms with E-state index in [2.05, 4.69) is 43.2 Å². The summed E-state index contributed by atoms with van der Waals surface area (Å²) in [4.78, 5) is 20.4. The summed E-state index contributed by atoms with van der Waals surface area (Å²) < 4.78 is 0.873. The van der Waals surface area contributed by atoms with Crippen molar-refractivity contribution in [3.05, 3.63) is 74.7 Å². The third-order valence-corrected chi connectivity index (χ3v) is 4.48. The predicted molar refractivity (Wildman–Crippen MR) is 112 cm³/mol. The Kier molecular flexibility index (Phi) is 5.89. The maximum atomic E-state index is 12.3. The Labute approximate surface area is 169 Å². The molecule has 6 nitrogen and oxygen atoms in total. The lowest BCUT2D eigenvalue weighted by Crippen LogP contribution is -2.12. The SMILES string of the molecule is Nc1cccc(C(=O)Nc2cccc(CNc3nc(Cl)ncc3I)c2)c1. The van der Waals surface area contributed by atoms with Gasteiger partial charge in [0.2, 0.25) is 5.28 Å². The summed E-state index contributed by atoms with van der Waals surface area (Å²) in [5.74, 6) is 0.458. The van der Waals surface area contributed by atoms with Crippen LogP contribution in [-0.4, -0.2) is 15.9 Å². The topological polar surface area (TPSA) is 92.9 Å². The van der Waals surface area contributed by atoms with Gasteiger partial charge >= 0.3 is 0 Å². The molecule has 1 aromatic heterocycles. The fraction of sp³-hybridized carbons (Fsp3) is 0.0556. The number of amides is 1. The van der Waals surface area contributed by atoms with Gasteiger partial charge in [-0.2, -0.15) is 4.98 Å².